The number of halogens is 1. The number of carbonyl (C=O) groups excluding carboxylic acids is 1. The molecule has 0 fully saturated rings. The number of hydrogen-bond acceptors (Lipinski definition) is 7. The van der Waals surface area contributed by atoms with Crippen LogP contribution in [0.1, 0.15) is 56.1 Å². The van der Waals surface area contributed by atoms with Crippen LogP contribution in [0.3, 0.4) is 0 Å². The molecule has 0 amide bonds. The van der Waals surface area contributed by atoms with Gasteiger partial charge in [0.05, 0.1) is 48.2 Å². The van der Waals surface area contributed by atoms with Gasteiger partial charge in [0, 0.05) is 27.7 Å². The maximum absolute atomic E-state index is 14.7. The normalized spacial score (nSPS) is 14.8. The molecule has 0 aliphatic carbocycles. The van der Waals surface area contributed by atoms with Gasteiger partial charge < -0.3 is 18.8 Å². The predicted octanol–water partition coefficient (Wildman–Crippen LogP) is 6.04. The summed E-state index contributed by atoms with van der Waals surface area (Å²) in [6.07, 6.45) is 1.80. The second kappa shape index (κ2) is 13.0. The summed E-state index contributed by atoms with van der Waals surface area (Å²) >= 11 is 1.26. The summed E-state index contributed by atoms with van der Waals surface area (Å²) < 4.78 is 35.8. The molecule has 0 radical (unpaired) electrons. The number of nitrogens with zero attached hydrogens (tertiary/aromatic N) is 3. The Morgan fingerprint density at radius 2 is 1.81 bits per heavy atom. The lowest BCUT2D eigenvalue weighted by Gasteiger charge is -2.25. The van der Waals surface area contributed by atoms with E-state index in [1.54, 1.807) is 49.8 Å². The van der Waals surface area contributed by atoms with Gasteiger partial charge >= 0.3 is 5.97 Å². The first kappa shape index (κ1) is 32.0. The van der Waals surface area contributed by atoms with Crippen LogP contribution in [0.4, 0.5) is 4.39 Å². The number of thiazole rings is 1. The first-order valence-electron chi connectivity index (χ1n) is 15.5. The molecular weight excluding hydrogens is 617 g/mol. The highest BCUT2D eigenvalue weighted by Gasteiger charge is 2.34. The van der Waals surface area contributed by atoms with Crippen molar-refractivity contribution in [1.82, 2.24) is 9.13 Å². The fourth-order valence-electron chi connectivity index (χ4n) is 6.08. The van der Waals surface area contributed by atoms with Gasteiger partial charge in [0.15, 0.2) is 16.3 Å². The third-order valence-electron chi connectivity index (χ3n) is 8.22. The molecule has 0 spiro atoms. The molecule has 0 N–H and O–H groups in total. The number of esters is 1. The topological polar surface area (TPSA) is 84.1 Å². The third-order valence-corrected chi connectivity index (χ3v) is 9.21. The van der Waals surface area contributed by atoms with Crippen molar-refractivity contribution in [2.24, 2.45) is 4.99 Å². The van der Waals surface area contributed by atoms with Crippen molar-refractivity contribution in [3.8, 4) is 11.5 Å². The molecule has 0 saturated heterocycles. The van der Waals surface area contributed by atoms with Crippen molar-refractivity contribution in [1.29, 1.82) is 0 Å². The standard InChI is InChI=1S/C37H36FN3O5S/c1-7-45-36(43)33-22(4)39-37-41(34(33)24-16-17-30(46-21(2)3)31(18-24)44-6)35(42)32(47-37)19-27-23(5)40(29-15-11-9-13-26(27)29)20-25-12-8-10-14-28(25)38/h8-19,21,34H,7,20H2,1-6H3/b32-19+/t34-/m1/s1. The van der Waals surface area contributed by atoms with Crippen LogP contribution < -0.4 is 24.4 Å². The Bertz CT molecular complexity index is 2230. The number of ether oxygens (including phenoxy) is 3. The molecule has 242 valence electrons. The number of allylic oxidation sites excluding steroid dienone is 1. The van der Waals surface area contributed by atoms with Crippen LogP contribution in [0, 0.1) is 12.7 Å². The molecule has 2 aromatic heterocycles. The van der Waals surface area contributed by atoms with Gasteiger partial charge in [-0.15, -0.1) is 0 Å². The molecule has 3 aromatic carbocycles. The zero-order valence-corrected chi connectivity index (χ0v) is 28.0. The van der Waals surface area contributed by atoms with Gasteiger partial charge in [-0.3, -0.25) is 9.36 Å². The molecule has 1 aliphatic heterocycles. The molecule has 3 heterocycles. The number of benzene rings is 3. The van der Waals surface area contributed by atoms with Gasteiger partial charge in [-0.1, -0.05) is 53.8 Å². The lowest BCUT2D eigenvalue weighted by atomic mass is 9.95. The highest BCUT2D eigenvalue weighted by Crippen LogP contribution is 2.37. The van der Waals surface area contributed by atoms with Crippen LogP contribution in [-0.4, -0.2) is 34.9 Å². The first-order valence-corrected chi connectivity index (χ1v) is 16.3. The fraction of sp³-hybridized carbons (Fsp3) is 0.270. The second-order valence-corrected chi connectivity index (χ2v) is 12.6. The Morgan fingerprint density at radius 1 is 1.06 bits per heavy atom. The molecule has 47 heavy (non-hydrogen) atoms. The quantitative estimate of drug-likeness (QED) is 0.181. The minimum Gasteiger partial charge on any atom is -0.493 e. The van der Waals surface area contributed by atoms with Gasteiger partial charge in [0.25, 0.3) is 5.56 Å². The number of aromatic nitrogens is 2. The van der Waals surface area contributed by atoms with E-state index in [0.29, 0.717) is 44.2 Å². The summed E-state index contributed by atoms with van der Waals surface area (Å²) in [5.74, 6) is 0.225. The van der Waals surface area contributed by atoms with Gasteiger partial charge in [-0.2, -0.15) is 0 Å². The summed E-state index contributed by atoms with van der Waals surface area (Å²) in [5, 5.41) is 0.942. The summed E-state index contributed by atoms with van der Waals surface area (Å²) in [4.78, 5) is 33.0. The maximum atomic E-state index is 14.7. The molecule has 10 heteroatoms. The van der Waals surface area contributed by atoms with Gasteiger partial charge in [0.1, 0.15) is 5.82 Å². The summed E-state index contributed by atoms with van der Waals surface area (Å²) in [7, 11) is 1.55. The molecule has 5 aromatic rings. The van der Waals surface area contributed by atoms with Crippen LogP contribution in [-0.2, 0) is 16.1 Å². The number of carbonyl (C=O) groups is 1. The zero-order chi connectivity index (χ0) is 33.4. The summed E-state index contributed by atoms with van der Waals surface area (Å²) in [5.41, 5.74) is 4.37. The van der Waals surface area contributed by atoms with E-state index in [9.17, 15) is 14.0 Å². The van der Waals surface area contributed by atoms with Crippen LogP contribution in [0.15, 0.2) is 87.8 Å². The Kier molecular flexibility index (Phi) is 8.88. The van der Waals surface area contributed by atoms with Crippen molar-refractivity contribution >= 4 is 34.3 Å². The largest absolute Gasteiger partial charge is 0.493 e. The highest BCUT2D eigenvalue weighted by atomic mass is 32.1. The minimum atomic E-state index is -0.807. The van der Waals surface area contributed by atoms with Crippen LogP contribution >= 0.6 is 11.3 Å². The number of methoxy groups -OCH3 is 1. The van der Waals surface area contributed by atoms with E-state index in [1.807, 2.05) is 63.2 Å². The van der Waals surface area contributed by atoms with E-state index in [4.69, 9.17) is 19.2 Å². The smallest absolute Gasteiger partial charge is 0.338 e. The van der Waals surface area contributed by atoms with E-state index in [0.717, 1.165) is 22.2 Å². The second-order valence-electron chi connectivity index (χ2n) is 11.6. The number of hydrogen-bond donors (Lipinski definition) is 0. The molecule has 1 atom stereocenters. The van der Waals surface area contributed by atoms with Crippen molar-refractivity contribution in [3.63, 3.8) is 0 Å². The molecule has 1 aliphatic rings. The lowest BCUT2D eigenvalue weighted by Crippen LogP contribution is -2.40. The first-order chi connectivity index (χ1) is 22.6. The van der Waals surface area contributed by atoms with Crippen molar-refractivity contribution in [3.05, 3.63) is 126 Å². The van der Waals surface area contributed by atoms with Gasteiger partial charge in [-0.25, -0.2) is 14.2 Å². The summed E-state index contributed by atoms with van der Waals surface area (Å²) in [6, 6.07) is 19.2. The Hall–Kier alpha value is -4.96. The van der Waals surface area contributed by atoms with Crippen molar-refractivity contribution in [2.75, 3.05) is 13.7 Å². The third kappa shape index (κ3) is 5.89. The van der Waals surface area contributed by atoms with Crippen LogP contribution in [0.5, 0.6) is 11.5 Å². The Labute approximate surface area is 275 Å². The lowest BCUT2D eigenvalue weighted by molar-refractivity contribution is -0.139. The molecule has 0 saturated carbocycles. The zero-order valence-electron chi connectivity index (χ0n) is 27.2. The van der Waals surface area contributed by atoms with Crippen LogP contribution in [0.2, 0.25) is 0 Å². The average molecular weight is 654 g/mol. The van der Waals surface area contributed by atoms with Crippen molar-refractivity contribution in [2.45, 2.75) is 53.3 Å². The van der Waals surface area contributed by atoms with Crippen LogP contribution in [0.25, 0.3) is 17.0 Å². The van der Waals surface area contributed by atoms with Gasteiger partial charge in [0.2, 0.25) is 0 Å². The molecule has 0 bridgehead atoms. The van der Waals surface area contributed by atoms with Gasteiger partial charge in [-0.05, 0) is 70.5 Å². The van der Waals surface area contributed by atoms with E-state index in [2.05, 4.69) is 4.57 Å². The maximum Gasteiger partial charge on any atom is 0.338 e. The highest BCUT2D eigenvalue weighted by molar-refractivity contribution is 7.07. The molecule has 6 rings (SSSR count). The fourth-order valence-corrected chi connectivity index (χ4v) is 7.11. The Balaban J connectivity index is 1.55. The van der Waals surface area contributed by atoms with E-state index < -0.39 is 12.0 Å². The SMILES string of the molecule is CCOC(=O)C1=C(C)N=c2s/c(=C/c3c(C)n(Cc4ccccc4F)c4ccccc34)c(=O)n2[C@@H]1c1ccc(OC(C)C)c(OC)c1. The average Bonchev–Trinajstić information content (AvgIpc) is 3.49. The Morgan fingerprint density at radius 3 is 2.53 bits per heavy atom. The number of para-hydroxylation sites is 1. The van der Waals surface area contributed by atoms with E-state index in [-0.39, 0.29) is 29.7 Å². The molecule has 8 nitrogen and oxygen atoms in total. The predicted molar refractivity (Wildman–Crippen MR) is 181 cm³/mol. The van der Waals surface area contributed by atoms with Crippen molar-refractivity contribution < 1.29 is 23.4 Å². The minimum absolute atomic E-state index is 0.0780. The number of fused-ring (bicyclic) bond motifs is 2. The number of rotatable bonds is 9. The van der Waals surface area contributed by atoms with E-state index >= 15 is 0 Å². The molecular formula is C37H36FN3O5S. The summed E-state index contributed by atoms with van der Waals surface area (Å²) in [6.45, 7) is 9.84. The molecule has 0 unspecified atom stereocenters. The monoisotopic (exact) mass is 653 g/mol. The van der Waals surface area contributed by atoms with E-state index in [1.165, 1.54) is 17.4 Å².